The number of hydrogen-bond acceptors (Lipinski definition) is 12. The Balaban J connectivity index is 0.000000223. The average molecular weight is 556 g/mol. The Morgan fingerprint density at radius 3 is 2.31 bits per heavy atom. The second kappa shape index (κ2) is 12.0. The normalized spacial score (nSPS) is 30.3. The third kappa shape index (κ3) is 6.14. The molecular weight excluding hydrogens is 528 g/mol. The van der Waals surface area contributed by atoms with Crippen LogP contribution in [-0.2, 0) is 20.0 Å². The lowest BCUT2D eigenvalue weighted by molar-refractivity contribution is -0.132. The van der Waals surface area contributed by atoms with Crippen molar-refractivity contribution in [3.05, 3.63) is 77.9 Å². The maximum atomic E-state index is 11.9. The number of carboxylic acids is 1. The Hall–Kier alpha value is -3.71. The fraction of sp³-hybridized carbons (Fsp3) is 0.500. The maximum Gasteiger partial charge on any atom is 0.331 e. The van der Waals surface area contributed by atoms with Crippen molar-refractivity contribution in [2.75, 3.05) is 13.2 Å². The minimum Gasteiger partial charge on any atom is -0.478 e. The first-order valence-electron chi connectivity index (χ1n) is 11.5. The minimum absolute atomic E-state index is 0.205. The van der Waals surface area contributed by atoms with Crippen LogP contribution in [0.15, 0.2) is 49.8 Å². The Kier molecular flexibility index (Phi) is 9.18. The van der Waals surface area contributed by atoms with Crippen LogP contribution in [0.1, 0.15) is 18.2 Å². The Bertz CT molecular complexity index is 1440. The van der Waals surface area contributed by atoms with Crippen molar-refractivity contribution < 1.29 is 44.9 Å². The summed E-state index contributed by atoms with van der Waals surface area (Å²) in [6, 6.07) is 0.965. The number of ether oxygens (including phenoxy) is 2. The zero-order valence-corrected chi connectivity index (χ0v) is 20.4. The van der Waals surface area contributed by atoms with Gasteiger partial charge in [-0.15, -0.1) is 0 Å². The highest BCUT2D eigenvalue weighted by Gasteiger charge is 2.54. The Morgan fingerprint density at radius 1 is 1.10 bits per heavy atom. The number of nitrogens with zero attached hydrogens (tertiary/aromatic N) is 2. The van der Waals surface area contributed by atoms with Gasteiger partial charge in [0.2, 0.25) is 0 Å². The zero-order chi connectivity index (χ0) is 29.1. The Morgan fingerprint density at radius 2 is 1.77 bits per heavy atom. The average Bonchev–Trinajstić information content (AvgIpc) is 3.37. The molecule has 2 saturated heterocycles. The van der Waals surface area contributed by atoms with E-state index < -0.39 is 77.5 Å². The molecule has 4 rings (SSSR count). The molecule has 0 saturated carbocycles. The van der Waals surface area contributed by atoms with Crippen molar-refractivity contribution in [1.82, 2.24) is 19.1 Å². The molecule has 17 heteroatoms. The molecule has 17 nitrogen and oxygen atoms in total. The molecule has 7 atom stereocenters. The van der Waals surface area contributed by atoms with E-state index in [-0.39, 0.29) is 13.0 Å². The summed E-state index contributed by atoms with van der Waals surface area (Å²) in [5.74, 6) is -1.38. The van der Waals surface area contributed by atoms with Crippen LogP contribution in [0.5, 0.6) is 0 Å². The lowest BCUT2D eigenvalue weighted by Crippen LogP contribution is -2.50. The molecule has 0 spiro atoms. The predicted octanol–water partition coefficient (Wildman–Crippen LogP) is -4.57. The van der Waals surface area contributed by atoms with Crippen LogP contribution < -0.4 is 22.5 Å². The predicted molar refractivity (Wildman–Crippen MR) is 128 cm³/mol. The van der Waals surface area contributed by atoms with Gasteiger partial charge in [-0.1, -0.05) is 0 Å². The molecule has 2 aromatic heterocycles. The van der Waals surface area contributed by atoms with Gasteiger partial charge < -0.3 is 40.1 Å². The van der Waals surface area contributed by atoms with E-state index in [4.69, 9.17) is 24.8 Å². The van der Waals surface area contributed by atoms with Gasteiger partial charge in [0.25, 0.3) is 11.1 Å². The van der Waals surface area contributed by atoms with E-state index >= 15 is 0 Å². The third-order valence-corrected chi connectivity index (χ3v) is 6.15. The molecule has 4 heterocycles. The fourth-order valence-corrected chi connectivity index (χ4v) is 4.13. The minimum atomic E-state index is -2.08. The van der Waals surface area contributed by atoms with E-state index in [2.05, 4.69) is 4.98 Å². The first-order valence-corrected chi connectivity index (χ1v) is 11.5. The van der Waals surface area contributed by atoms with Gasteiger partial charge in [-0.25, -0.2) is 14.4 Å². The van der Waals surface area contributed by atoms with E-state index in [1.807, 2.05) is 4.98 Å². The number of carbonyl (C=O) groups is 1. The molecule has 214 valence electrons. The van der Waals surface area contributed by atoms with Crippen molar-refractivity contribution in [2.45, 2.75) is 55.8 Å². The highest BCUT2D eigenvalue weighted by Crippen LogP contribution is 2.36. The number of aliphatic carboxylic acids is 1. The van der Waals surface area contributed by atoms with E-state index in [0.717, 1.165) is 22.9 Å². The summed E-state index contributed by atoms with van der Waals surface area (Å²) in [4.78, 5) is 60.6. The molecule has 2 aromatic rings. The number of aryl methyl sites for hydroxylation is 1. The summed E-state index contributed by atoms with van der Waals surface area (Å²) in [5, 5.41) is 56.4. The summed E-state index contributed by atoms with van der Waals surface area (Å²) in [7, 11) is 0. The summed E-state index contributed by atoms with van der Waals surface area (Å²) in [6.07, 6.45) is -2.67. The first kappa shape index (κ1) is 29.8. The lowest BCUT2D eigenvalue weighted by Gasteiger charge is -2.30. The number of hydrogen-bond donors (Lipinski definition) is 8. The van der Waals surface area contributed by atoms with Crippen LogP contribution in [0, 0.1) is 6.92 Å². The number of carboxylic acid groups (broad SMARTS) is 1. The lowest BCUT2D eigenvalue weighted by atomic mass is 10.0. The van der Waals surface area contributed by atoms with Crippen LogP contribution in [0.4, 0.5) is 0 Å². The van der Waals surface area contributed by atoms with Crippen LogP contribution in [-0.4, -0.2) is 99.4 Å². The van der Waals surface area contributed by atoms with Gasteiger partial charge in [0, 0.05) is 36.5 Å². The monoisotopic (exact) mass is 556 g/mol. The SMILES string of the molecule is Cc1cn([C@H]2C[C@H](O)[C@@H](CO)O2)c(=O)[nH]c1=O.O=C(O)C=C[C@@]1(n2ccc(=O)[nH]c2=O)O[C@H](CO)[C@@H](O)[C@H]1O. The van der Waals surface area contributed by atoms with Crippen LogP contribution in [0.2, 0.25) is 0 Å². The molecule has 0 amide bonds. The van der Waals surface area contributed by atoms with Gasteiger partial charge in [-0.05, 0) is 13.0 Å². The van der Waals surface area contributed by atoms with Crippen molar-refractivity contribution in [1.29, 1.82) is 0 Å². The quantitative estimate of drug-likeness (QED) is 0.156. The van der Waals surface area contributed by atoms with Crippen molar-refractivity contribution in [3.63, 3.8) is 0 Å². The molecule has 0 bridgehead atoms. The second-order valence-electron chi connectivity index (χ2n) is 8.77. The van der Waals surface area contributed by atoms with Crippen molar-refractivity contribution >= 4 is 5.97 Å². The maximum absolute atomic E-state index is 11.9. The molecule has 0 radical (unpaired) electrons. The van der Waals surface area contributed by atoms with E-state index in [1.54, 1.807) is 6.92 Å². The van der Waals surface area contributed by atoms with Crippen LogP contribution in [0.25, 0.3) is 0 Å². The molecule has 0 aliphatic carbocycles. The largest absolute Gasteiger partial charge is 0.478 e. The van der Waals surface area contributed by atoms with Gasteiger partial charge in [0.05, 0.1) is 19.3 Å². The van der Waals surface area contributed by atoms with Crippen molar-refractivity contribution in [2.24, 2.45) is 0 Å². The summed E-state index contributed by atoms with van der Waals surface area (Å²) in [5.41, 5.74) is -4.40. The number of rotatable bonds is 6. The number of aromatic amines is 2. The number of aliphatic hydroxyl groups is 5. The van der Waals surface area contributed by atoms with E-state index in [0.29, 0.717) is 11.6 Å². The van der Waals surface area contributed by atoms with Crippen LogP contribution >= 0.6 is 0 Å². The topological polar surface area (TPSA) is 267 Å². The highest BCUT2D eigenvalue weighted by atomic mass is 16.6. The molecular formula is C22H28N4O13. The molecule has 2 fully saturated rings. The number of aromatic nitrogens is 4. The first-order chi connectivity index (χ1) is 18.3. The standard InChI is InChI=1S/C12H14N2O8.C10H14N2O5/c15-5-6-9(19)10(20)12(22-6,3-1-8(17)18)14-4-2-7(16)13-11(14)21;1-5-3-12(10(16)11-9(5)15)8-2-6(14)7(4-13)17-8/h1-4,6,9-10,15,19-20H,5H2,(H,17,18)(H,13,16,21);3,6-8,13-14H,2,4H2,1H3,(H,11,15,16)/t6-,9-,10-,12-;6-,7+,8+/m10/s1. The highest BCUT2D eigenvalue weighted by molar-refractivity contribution is 5.79. The van der Waals surface area contributed by atoms with Gasteiger partial charge >= 0.3 is 17.3 Å². The molecule has 0 unspecified atom stereocenters. The Labute approximate surface area is 217 Å². The number of aliphatic hydroxyl groups excluding tert-OH is 5. The van der Waals surface area contributed by atoms with E-state index in [9.17, 15) is 39.3 Å². The fourth-order valence-electron chi connectivity index (χ4n) is 4.13. The molecule has 0 aromatic carbocycles. The van der Waals surface area contributed by atoms with Gasteiger partial charge in [-0.3, -0.25) is 28.7 Å². The zero-order valence-electron chi connectivity index (χ0n) is 20.4. The van der Waals surface area contributed by atoms with Gasteiger partial charge in [0.1, 0.15) is 30.6 Å². The van der Waals surface area contributed by atoms with Crippen LogP contribution in [0.3, 0.4) is 0 Å². The van der Waals surface area contributed by atoms with E-state index in [1.165, 1.54) is 10.8 Å². The molecule has 2 aliphatic rings. The summed E-state index contributed by atoms with van der Waals surface area (Å²) in [6.45, 7) is 0.595. The summed E-state index contributed by atoms with van der Waals surface area (Å²) < 4.78 is 12.6. The number of nitrogens with one attached hydrogen (secondary N) is 2. The molecule has 8 N–H and O–H groups in total. The van der Waals surface area contributed by atoms with Crippen molar-refractivity contribution in [3.8, 4) is 0 Å². The summed E-state index contributed by atoms with van der Waals surface area (Å²) >= 11 is 0. The number of H-pyrrole nitrogens is 2. The van der Waals surface area contributed by atoms with Gasteiger partial charge in [-0.2, -0.15) is 0 Å². The smallest absolute Gasteiger partial charge is 0.331 e. The molecule has 2 aliphatic heterocycles. The third-order valence-electron chi connectivity index (χ3n) is 6.15. The van der Waals surface area contributed by atoms with Gasteiger partial charge in [0.15, 0.2) is 5.72 Å². The molecule has 39 heavy (non-hydrogen) atoms. The second-order valence-corrected chi connectivity index (χ2v) is 8.77.